The van der Waals surface area contributed by atoms with E-state index < -0.39 is 5.97 Å². The van der Waals surface area contributed by atoms with Crippen LogP contribution < -0.4 is 5.32 Å². The van der Waals surface area contributed by atoms with Crippen LogP contribution in [0.25, 0.3) is 6.08 Å². The number of nitrogens with zero attached hydrogens (tertiary/aromatic N) is 1. The molecule has 2 aromatic heterocycles. The van der Waals surface area contributed by atoms with Crippen LogP contribution in [-0.2, 0) is 22.5 Å². The van der Waals surface area contributed by atoms with E-state index in [1.54, 1.807) is 17.4 Å². The van der Waals surface area contributed by atoms with Crippen molar-refractivity contribution < 1.29 is 14.3 Å². The first-order chi connectivity index (χ1) is 11.6. The number of rotatable bonds is 4. The lowest BCUT2D eigenvalue weighted by molar-refractivity contribution is -0.111. The molecule has 1 amide bonds. The average molecular weight is 362 g/mol. The van der Waals surface area contributed by atoms with E-state index in [1.165, 1.54) is 24.5 Å². The molecule has 5 nitrogen and oxygen atoms in total. The van der Waals surface area contributed by atoms with E-state index in [9.17, 15) is 9.59 Å². The number of carbonyl (C=O) groups excluding carboxylic acids is 2. The third kappa shape index (κ3) is 3.58. The summed E-state index contributed by atoms with van der Waals surface area (Å²) < 4.78 is 4.92. The zero-order valence-corrected chi connectivity index (χ0v) is 15.1. The minimum atomic E-state index is -0.394. The molecule has 0 saturated carbocycles. The SMILES string of the molecule is COC(=O)c1c(NC(=O)/C=C/c2cccs2)sc2c1CCN(C)C2. The summed E-state index contributed by atoms with van der Waals surface area (Å²) in [5.41, 5.74) is 1.51. The Morgan fingerprint density at radius 1 is 1.42 bits per heavy atom. The minimum Gasteiger partial charge on any atom is -0.465 e. The zero-order chi connectivity index (χ0) is 17.1. The van der Waals surface area contributed by atoms with Crippen LogP contribution in [0, 0.1) is 0 Å². The maximum Gasteiger partial charge on any atom is 0.341 e. The molecule has 1 aliphatic heterocycles. The van der Waals surface area contributed by atoms with Gasteiger partial charge in [-0.3, -0.25) is 4.79 Å². The van der Waals surface area contributed by atoms with E-state index in [1.807, 2.05) is 24.6 Å². The Labute approximate surface area is 148 Å². The molecule has 0 aromatic carbocycles. The summed E-state index contributed by atoms with van der Waals surface area (Å²) in [6, 6.07) is 3.87. The number of hydrogen-bond acceptors (Lipinski definition) is 6. The molecule has 0 bridgehead atoms. The van der Waals surface area contributed by atoms with Crippen LogP contribution in [0.1, 0.15) is 25.7 Å². The molecule has 0 radical (unpaired) electrons. The monoisotopic (exact) mass is 362 g/mol. The molecule has 3 rings (SSSR count). The normalized spacial score (nSPS) is 14.6. The summed E-state index contributed by atoms with van der Waals surface area (Å²) in [6.07, 6.45) is 4.03. The van der Waals surface area contributed by atoms with Crippen molar-refractivity contribution in [2.45, 2.75) is 13.0 Å². The Hall–Kier alpha value is -1.96. The minimum absolute atomic E-state index is 0.250. The smallest absolute Gasteiger partial charge is 0.341 e. The molecule has 1 aliphatic rings. The topological polar surface area (TPSA) is 58.6 Å². The highest BCUT2D eigenvalue weighted by Gasteiger charge is 2.28. The van der Waals surface area contributed by atoms with Crippen molar-refractivity contribution in [2.75, 3.05) is 26.0 Å². The standard InChI is InChI=1S/C17H18N2O3S2/c1-19-8-7-12-13(10-19)24-16(15(12)17(21)22-2)18-14(20)6-5-11-4-3-9-23-11/h3-6,9H,7-8,10H2,1-2H3,(H,18,20)/b6-5+. The number of hydrogen-bond donors (Lipinski definition) is 1. The second-order valence-electron chi connectivity index (χ2n) is 5.53. The summed E-state index contributed by atoms with van der Waals surface area (Å²) in [5.74, 6) is -0.643. The number of carbonyl (C=O) groups is 2. The first kappa shape index (κ1) is 16.9. The molecule has 0 atom stereocenters. The molecule has 3 heterocycles. The fourth-order valence-corrected chi connectivity index (χ4v) is 4.57. The maximum absolute atomic E-state index is 12.2. The molecule has 0 spiro atoms. The van der Waals surface area contributed by atoms with Crippen LogP contribution >= 0.6 is 22.7 Å². The number of likely N-dealkylation sites (N-methyl/N-ethyl adjacent to an activating group) is 1. The summed E-state index contributed by atoms with van der Waals surface area (Å²) in [5, 5.41) is 5.37. The van der Waals surface area contributed by atoms with Gasteiger partial charge in [0.15, 0.2) is 0 Å². The van der Waals surface area contributed by atoms with Crippen LogP contribution in [0.5, 0.6) is 0 Å². The largest absolute Gasteiger partial charge is 0.465 e. The molecule has 24 heavy (non-hydrogen) atoms. The third-order valence-electron chi connectivity index (χ3n) is 3.82. The highest BCUT2D eigenvalue weighted by molar-refractivity contribution is 7.17. The van der Waals surface area contributed by atoms with Crippen molar-refractivity contribution >= 4 is 45.6 Å². The van der Waals surface area contributed by atoms with Gasteiger partial charge in [0.25, 0.3) is 0 Å². The number of ether oxygens (including phenoxy) is 1. The first-order valence-electron chi connectivity index (χ1n) is 7.52. The van der Waals surface area contributed by atoms with Gasteiger partial charge >= 0.3 is 5.97 Å². The van der Waals surface area contributed by atoms with Gasteiger partial charge in [0, 0.05) is 28.9 Å². The van der Waals surface area contributed by atoms with Gasteiger partial charge < -0.3 is 15.0 Å². The van der Waals surface area contributed by atoms with Crippen molar-refractivity contribution in [3.8, 4) is 0 Å². The van der Waals surface area contributed by atoms with Crippen molar-refractivity contribution in [1.29, 1.82) is 0 Å². The summed E-state index contributed by atoms with van der Waals surface area (Å²) in [7, 11) is 3.41. The van der Waals surface area contributed by atoms with Gasteiger partial charge in [0.2, 0.25) is 5.91 Å². The van der Waals surface area contributed by atoms with Gasteiger partial charge in [-0.2, -0.15) is 0 Å². The third-order valence-corrected chi connectivity index (χ3v) is 5.79. The fraction of sp³-hybridized carbons (Fsp3) is 0.294. The van der Waals surface area contributed by atoms with Crippen LogP contribution in [0.4, 0.5) is 5.00 Å². The number of anilines is 1. The number of fused-ring (bicyclic) bond motifs is 1. The van der Waals surface area contributed by atoms with Gasteiger partial charge in [0.1, 0.15) is 5.00 Å². The molecule has 0 fully saturated rings. The number of esters is 1. The van der Waals surface area contributed by atoms with Crippen LogP contribution in [0.3, 0.4) is 0 Å². The van der Waals surface area contributed by atoms with E-state index in [-0.39, 0.29) is 5.91 Å². The Morgan fingerprint density at radius 3 is 2.96 bits per heavy atom. The molecule has 126 valence electrons. The number of thiophene rings is 2. The van der Waals surface area contributed by atoms with E-state index in [0.717, 1.165) is 34.8 Å². The molecule has 0 saturated heterocycles. The molecule has 0 aliphatic carbocycles. The molecular weight excluding hydrogens is 344 g/mol. The van der Waals surface area contributed by atoms with E-state index >= 15 is 0 Å². The lowest BCUT2D eigenvalue weighted by Gasteiger charge is -2.22. The van der Waals surface area contributed by atoms with Crippen molar-refractivity contribution in [1.82, 2.24) is 4.90 Å². The van der Waals surface area contributed by atoms with Crippen molar-refractivity contribution in [2.24, 2.45) is 0 Å². The van der Waals surface area contributed by atoms with Gasteiger partial charge in [-0.25, -0.2) is 4.79 Å². The highest BCUT2D eigenvalue weighted by Crippen LogP contribution is 2.37. The second-order valence-corrected chi connectivity index (χ2v) is 7.61. The summed E-state index contributed by atoms with van der Waals surface area (Å²) in [4.78, 5) is 28.7. The van der Waals surface area contributed by atoms with Crippen LogP contribution in [-0.4, -0.2) is 37.5 Å². The number of nitrogens with one attached hydrogen (secondary N) is 1. The lowest BCUT2D eigenvalue weighted by atomic mass is 10.0. The predicted octanol–water partition coefficient (Wildman–Crippen LogP) is 3.24. The van der Waals surface area contributed by atoms with Crippen molar-refractivity contribution in [3.05, 3.63) is 44.5 Å². The number of amides is 1. The Morgan fingerprint density at radius 2 is 2.25 bits per heavy atom. The zero-order valence-electron chi connectivity index (χ0n) is 13.5. The maximum atomic E-state index is 12.2. The van der Waals surface area contributed by atoms with Crippen LogP contribution in [0.2, 0.25) is 0 Å². The highest BCUT2D eigenvalue weighted by atomic mass is 32.1. The van der Waals surface area contributed by atoms with Crippen LogP contribution in [0.15, 0.2) is 23.6 Å². The summed E-state index contributed by atoms with van der Waals surface area (Å²) in [6.45, 7) is 1.67. The fourth-order valence-electron chi connectivity index (χ4n) is 2.63. The van der Waals surface area contributed by atoms with E-state index in [0.29, 0.717) is 10.6 Å². The van der Waals surface area contributed by atoms with E-state index in [4.69, 9.17) is 4.74 Å². The Bertz CT molecular complexity index is 778. The van der Waals surface area contributed by atoms with E-state index in [2.05, 4.69) is 10.2 Å². The number of methoxy groups -OCH3 is 1. The second kappa shape index (κ2) is 7.29. The Kier molecular flexibility index (Phi) is 5.13. The summed E-state index contributed by atoms with van der Waals surface area (Å²) >= 11 is 3.02. The Balaban J connectivity index is 1.84. The quantitative estimate of drug-likeness (QED) is 0.670. The van der Waals surface area contributed by atoms with Gasteiger partial charge in [-0.15, -0.1) is 22.7 Å². The van der Waals surface area contributed by atoms with Gasteiger partial charge in [-0.1, -0.05) is 6.07 Å². The molecule has 2 aromatic rings. The van der Waals surface area contributed by atoms with Crippen molar-refractivity contribution in [3.63, 3.8) is 0 Å². The molecule has 1 N–H and O–H groups in total. The van der Waals surface area contributed by atoms with Gasteiger partial charge in [0.05, 0.1) is 12.7 Å². The molecule has 7 heteroatoms. The molecule has 0 unspecified atom stereocenters. The molecular formula is C17H18N2O3S2. The lowest BCUT2D eigenvalue weighted by Crippen LogP contribution is -2.26. The predicted molar refractivity (Wildman–Crippen MR) is 97.7 cm³/mol. The average Bonchev–Trinajstić information content (AvgIpc) is 3.19. The van der Waals surface area contributed by atoms with Gasteiger partial charge in [-0.05, 0) is 36.6 Å². The first-order valence-corrected chi connectivity index (χ1v) is 9.22.